The van der Waals surface area contributed by atoms with E-state index < -0.39 is 0 Å². The van der Waals surface area contributed by atoms with Crippen LogP contribution in [0.1, 0.15) is 158 Å². The molecule has 2 aliphatic carbocycles. The number of benzene rings is 5. The van der Waals surface area contributed by atoms with Crippen molar-refractivity contribution >= 4 is 21.5 Å². The number of hydrogen-bond donors (Lipinski definition) is 0. The zero-order valence-corrected chi connectivity index (χ0v) is 35.7. The van der Waals surface area contributed by atoms with Gasteiger partial charge in [0, 0.05) is 0 Å². The fourth-order valence-electron chi connectivity index (χ4n) is 10.3. The Labute approximate surface area is 338 Å². The summed E-state index contributed by atoms with van der Waals surface area (Å²) in [7, 11) is 0. The Morgan fingerprint density at radius 1 is 0.382 bits per heavy atom. The molecule has 2 aliphatic rings. The van der Waals surface area contributed by atoms with Crippen LogP contribution in [0.4, 0.5) is 0 Å². The minimum absolute atomic E-state index is 0. The van der Waals surface area contributed by atoms with Gasteiger partial charge in [-0.15, -0.1) is 0 Å². The van der Waals surface area contributed by atoms with E-state index >= 15 is 0 Å². The first-order valence-corrected chi connectivity index (χ1v) is 21.3. The number of rotatable bonds is 6. The molecule has 0 aromatic heterocycles. The second-order valence-electron chi connectivity index (χ2n) is 18.5. The molecule has 0 bridgehead atoms. The highest BCUT2D eigenvalue weighted by Crippen LogP contribution is 2.36. The zero-order valence-electron chi connectivity index (χ0n) is 35.7. The first kappa shape index (κ1) is 44.3. The molecular weight excluding hydrogens is 661 g/mol. The summed E-state index contributed by atoms with van der Waals surface area (Å²) in [5.74, 6) is 3.66. The third-order valence-corrected chi connectivity index (χ3v) is 14.1. The molecule has 0 N–H and O–H groups in total. The van der Waals surface area contributed by atoms with Crippen LogP contribution in [0.25, 0.3) is 21.5 Å². The van der Waals surface area contributed by atoms with Crippen LogP contribution < -0.4 is 0 Å². The largest absolute Gasteiger partial charge is 0.0776 e. The van der Waals surface area contributed by atoms with E-state index in [2.05, 4.69) is 132 Å². The molecule has 0 saturated heterocycles. The fourth-order valence-corrected chi connectivity index (χ4v) is 10.3. The summed E-state index contributed by atoms with van der Waals surface area (Å²) in [6.07, 6.45) is 14.9. The molecule has 0 atom stereocenters. The predicted octanol–water partition coefficient (Wildman–Crippen LogP) is 16.4. The minimum Gasteiger partial charge on any atom is -0.0776 e. The summed E-state index contributed by atoms with van der Waals surface area (Å²) in [5, 5.41) is 5.83. The summed E-state index contributed by atoms with van der Waals surface area (Å²) in [5.41, 5.74) is 20.4. The zero-order chi connectivity index (χ0) is 38.1. The Bertz CT molecular complexity index is 2060. The van der Waals surface area contributed by atoms with Gasteiger partial charge in [0.15, 0.2) is 0 Å². The maximum Gasteiger partial charge on any atom is -0.00201 e. The molecule has 2 fully saturated rings. The van der Waals surface area contributed by atoms with E-state index in [1.807, 2.05) is 0 Å². The quantitative estimate of drug-likeness (QED) is 0.163. The van der Waals surface area contributed by atoms with Gasteiger partial charge in [0.1, 0.15) is 0 Å². The lowest BCUT2D eigenvalue weighted by molar-refractivity contribution is 0.289. The van der Waals surface area contributed by atoms with Crippen LogP contribution >= 0.6 is 0 Å². The van der Waals surface area contributed by atoms with Crippen LogP contribution in [-0.4, -0.2) is 0 Å². The number of fused-ring (bicyclic) bond motifs is 2. The summed E-state index contributed by atoms with van der Waals surface area (Å²) >= 11 is 0. The van der Waals surface area contributed by atoms with E-state index in [0.717, 1.165) is 30.1 Å². The van der Waals surface area contributed by atoms with E-state index in [-0.39, 0.29) is 14.9 Å². The van der Waals surface area contributed by atoms with Crippen LogP contribution in [0.2, 0.25) is 0 Å². The van der Waals surface area contributed by atoms with Crippen molar-refractivity contribution in [2.24, 2.45) is 23.7 Å². The third-order valence-electron chi connectivity index (χ3n) is 14.1. The van der Waals surface area contributed by atoms with Gasteiger partial charge in [-0.25, -0.2) is 0 Å². The van der Waals surface area contributed by atoms with Crippen molar-refractivity contribution in [1.82, 2.24) is 0 Å². The molecule has 2 saturated carbocycles. The average Bonchev–Trinajstić information content (AvgIpc) is 3.10. The van der Waals surface area contributed by atoms with Crippen molar-refractivity contribution in [3.63, 3.8) is 0 Å². The van der Waals surface area contributed by atoms with Gasteiger partial charge in [0.25, 0.3) is 0 Å². The molecule has 55 heavy (non-hydrogen) atoms. The summed E-state index contributed by atoms with van der Waals surface area (Å²) in [6, 6.07) is 19.5. The monoisotopic (exact) mass is 739 g/mol. The van der Waals surface area contributed by atoms with Crippen LogP contribution in [0, 0.1) is 92.9 Å². The Morgan fingerprint density at radius 2 is 0.764 bits per heavy atom. The molecule has 0 unspecified atom stereocenters. The maximum absolute atomic E-state index is 2.49. The van der Waals surface area contributed by atoms with Gasteiger partial charge >= 0.3 is 0 Å². The highest BCUT2D eigenvalue weighted by molar-refractivity contribution is 5.92. The summed E-state index contributed by atoms with van der Waals surface area (Å²) in [6.45, 7) is 27.6. The van der Waals surface area contributed by atoms with Crippen molar-refractivity contribution < 1.29 is 0 Å². The molecule has 0 aliphatic heterocycles. The Kier molecular flexibility index (Phi) is 15.1. The first-order valence-electron chi connectivity index (χ1n) is 21.3. The van der Waals surface area contributed by atoms with Gasteiger partial charge in [-0.2, -0.15) is 0 Å². The molecule has 7 rings (SSSR count). The first-order chi connectivity index (χ1) is 25.2. The molecular formula is C55H78. The molecule has 298 valence electrons. The van der Waals surface area contributed by atoms with Crippen molar-refractivity contribution in [1.29, 1.82) is 0 Å². The van der Waals surface area contributed by atoms with E-state index in [1.54, 1.807) is 11.1 Å². The molecule has 0 radical (unpaired) electrons. The van der Waals surface area contributed by atoms with Crippen LogP contribution in [0.3, 0.4) is 0 Å². The number of hydrogen-bond acceptors (Lipinski definition) is 0. The minimum atomic E-state index is 0. The standard InChI is InChI=1S/C31H40.C22H30.2CH4/c1-19-8-10-26(11-9-19)16-28-14-23(5)31-25(7)30(22(4)15-29(31)17-28)18-27-12-20(2)24(6)21(3)13-27;1-14-6-8-19(9-7-14)12-20-10-16(3)22-18(5)17(4)15(2)11-21(22)13-20;;/h12-15,17,19,26H,8-11,16,18H2,1-7H3;10-11,13-14,19H,6-9,12H2,1-5H3;2*1H4. The predicted molar refractivity (Wildman–Crippen MR) is 248 cm³/mol. The second kappa shape index (κ2) is 18.7. The molecule has 0 heterocycles. The van der Waals surface area contributed by atoms with Gasteiger partial charge in [-0.1, -0.05) is 103 Å². The second-order valence-corrected chi connectivity index (χ2v) is 18.5. The maximum atomic E-state index is 2.49. The van der Waals surface area contributed by atoms with Gasteiger partial charge in [0.05, 0.1) is 0 Å². The van der Waals surface area contributed by atoms with Crippen LogP contribution in [0.15, 0.2) is 48.5 Å². The van der Waals surface area contributed by atoms with E-state index in [9.17, 15) is 0 Å². The molecule has 0 nitrogen and oxygen atoms in total. The molecule has 5 aromatic rings. The summed E-state index contributed by atoms with van der Waals surface area (Å²) in [4.78, 5) is 0. The fraction of sp³-hybridized carbons (Fsp3) is 0.527. The highest BCUT2D eigenvalue weighted by atomic mass is 14.3. The normalized spacial score (nSPS) is 19.7. The van der Waals surface area contributed by atoms with E-state index in [0.29, 0.717) is 0 Å². The van der Waals surface area contributed by atoms with Crippen molar-refractivity contribution in [2.75, 3.05) is 0 Å². The molecule has 0 heteroatoms. The Hall–Kier alpha value is -3.38. The third kappa shape index (κ3) is 10.1. The van der Waals surface area contributed by atoms with Gasteiger partial charge in [-0.3, -0.25) is 0 Å². The van der Waals surface area contributed by atoms with Gasteiger partial charge < -0.3 is 0 Å². The van der Waals surface area contributed by atoms with Gasteiger partial charge in [0.2, 0.25) is 0 Å². The van der Waals surface area contributed by atoms with E-state index in [1.165, 1.54) is 153 Å². The smallest absolute Gasteiger partial charge is 0.00201 e. The Morgan fingerprint density at radius 3 is 1.22 bits per heavy atom. The lowest BCUT2D eigenvalue weighted by Crippen LogP contribution is -2.14. The lowest BCUT2D eigenvalue weighted by atomic mass is 9.79. The lowest BCUT2D eigenvalue weighted by Gasteiger charge is -2.26. The van der Waals surface area contributed by atoms with Gasteiger partial charge in [-0.05, 0) is 237 Å². The molecule has 0 spiro atoms. The van der Waals surface area contributed by atoms with Crippen molar-refractivity contribution in [3.05, 3.63) is 126 Å². The van der Waals surface area contributed by atoms with E-state index in [4.69, 9.17) is 0 Å². The topological polar surface area (TPSA) is 0 Å². The molecule has 0 amide bonds. The molecule has 5 aromatic carbocycles. The SMILES string of the molecule is C.C.Cc1cc(Cc2c(C)cc3cc(CC4CCC(C)CC4)cc(C)c3c2C)cc(C)c1C.Cc1cc2cc(CC3CCC(C)CC3)cc(C)c2c(C)c1C. The summed E-state index contributed by atoms with van der Waals surface area (Å²) < 4.78 is 0. The van der Waals surface area contributed by atoms with Crippen LogP contribution in [0.5, 0.6) is 0 Å². The average molecular weight is 739 g/mol. The Balaban J connectivity index is 0.000000249. The number of aryl methyl sites for hydroxylation is 8. The van der Waals surface area contributed by atoms with Crippen molar-refractivity contribution in [3.8, 4) is 0 Å². The van der Waals surface area contributed by atoms with Crippen LogP contribution in [-0.2, 0) is 19.3 Å². The van der Waals surface area contributed by atoms with Crippen molar-refractivity contribution in [2.45, 2.75) is 169 Å². The highest BCUT2D eigenvalue weighted by Gasteiger charge is 2.21.